The Kier molecular flexibility index (Phi) is 13.2. The van der Waals surface area contributed by atoms with E-state index in [0.29, 0.717) is 5.92 Å². The molecule has 0 aliphatic rings. The monoisotopic (exact) mass is 374 g/mol. The molecule has 5 heteroatoms. The fraction of sp³-hybridized carbons (Fsp3) is 0.409. The standard InChI is InChI=1S/C20H28N2O3.C2H6/c1-4-5-6-9-19(25-3)15-16(2)8-7-14-22(21)18-12-10-17(11-13-18)20(23)24;1-2/h5-7,10-16H,4,8-9,21H2,1-3H3,(H,23,24);1-2H3/b6-5-,14-7-,19-15+;. The normalized spacial score (nSPS) is 12.6. The molecule has 0 bridgehead atoms. The van der Waals surface area contributed by atoms with Gasteiger partial charge >= 0.3 is 5.97 Å². The van der Waals surface area contributed by atoms with Gasteiger partial charge in [0, 0.05) is 12.6 Å². The second-order valence-corrected chi connectivity index (χ2v) is 5.78. The number of nitrogens with two attached hydrogens (primary N) is 1. The van der Waals surface area contributed by atoms with E-state index in [9.17, 15) is 4.79 Å². The van der Waals surface area contributed by atoms with Gasteiger partial charge in [-0.15, -0.1) is 0 Å². The minimum absolute atomic E-state index is 0.240. The van der Waals surface area contributed by atoms with E-state index in [2.05, 4.69) is 32.1 Å². The van der Waals surface area contributed by atoms with E-state index in [1.54, 1.807) is 25.4 Å². The molecule has 27 heavy (non-hydrogen) atoms. The number of hydrogen-bond acceptors (Lipinski definition) is 4. The van der Waals surface area contributed by atoms with Gasteiger partial charge < -0.3 is 9.84 Å². The Bertz CT molecular complexity index is 619. The van der Waals surface area contributed by atoms with E-state index in [4.69, 9.17) is 15.7 Å². The first kappa shape index (κ1) is 24.5. The summed E-state index contributed by atoms with van der Waals surface area (Å²) in [4.78, 5) is 10.8. The number of aromatic carboxylic acids is 1. The average molecular weight is 375 g/mol. The van der Waals surface area contributed by atoms with E-state index in [0.717, 1.165) is 30.7 Å². The minimum atomic E-state index is -0.950. The Morgan fingerprint density at radius 3 is 2.37 bits per heavy atom. The number of hydrazine groups is 1. The minimum Gasteiger partial charge on any atom is -0.501 e. The van der Waals surface area contributed by atoms with E-state index in [1.807, 2.05) is 19.9 Å². The Hall–Kier alpha value is -2.53. The van der Waals surface area contributed by atoms with E-state index in [-0.39, 0.29) is 5.56 Å². The van der Waals surface area contributed by atoms with Crippen molar-refractivity contribution < 1.29 is 14.6 Å². The average Bonchev–Trinajstić information content (AvgIpc) is 2.68. The van der Waals surface area contributed by atoms with E-state index >= 15 is 0 Å². The maximum absolute atomic E-state index is 10.8. The van der Waals surface area contributed by atoms with Crippen LogP contribution in [0, 0.1) is 5.92 Å². The van der Waals surface area contributed by atoms with Gasteiger partial charge in [0.25, 0.3) is 0 Å². The summed E-state index contributed by atoms with van der Waals surface area (Å²) >= 11 is 0. The highest BCUT2D eigenvalue weighted by atomic mass is 16.5. The van der Waals surface area contributed by atoms with Crippen molar-refractivity contribution in [2.24, 2.45) is 11.8 Å². The Labute approximate surface area is 163 Å². The first-order valence-electron chi connectivity index (χ1n) is 9.41. The molecular weight excluding hydrogens is 340 g/mol. The molecular formula is C22H34N2O3. The summed E-state index contributed by atoms with van der Waals surface area (Å²) < 4.78 is 5.40. The lowest BCUT2D eigenvalue weighted by Gasteiger charge is -2.14. The molecule has 1 unspecified atom stereocenters. The van der Waals surface area contributed by atoms with Gasteiger partial charge in [-0.25, -0.2) is 10.6 Å². The summed E-state index contributed by atoms with van der Waals surface area (Å²) in [6.07, 6.45) is 12.8. The number of rotatable bonds is 10. The molecule has 1 aromatic carbocycles. The van der Waals surface area contributed by atoms with Gasteiger partial charge in [0.1, 0.15) is 0 Å². The van der Waals surface area contributed by atoms with Gasteiger partial charge in [-0.1, -0.05) is 45.9 Å². The molecule has 150 valence electrons. The van der Waals surface area contributed by atoms with Crippen molar-refractivity contribution in [3.05, 3.63) is 66.1 Å². The third-order valence-corrected chi connectivity index (χ3v) is 3.64. The molecule has 1 aromatic rings. The molecule has 1 atom stereocenters. The van der Waals surface area contributed by atoms with Gasteiger partial charge in [0.15, 0.2) is 0 Å². The molecule has 0 saturated carbocycles. The van der Waals surface area contributed by atoms with Crippen molar-refractivity contribution in [3.8, 4) is 0 Å². The zero-order valence-corrected chi connectivity index (χ0v) is 17.2. The molecule has 0 radical (unpaired) electrons. The van der Waals surface area contributed by atoms with Crippen LogP contribution in [0.2, 0.25) is 0 Å². The summed E-state index contributed by atoms with van der Waals surface area (Å²) in [6, 6.07) is 6.43. The van der Waals surface area contributed by atoms with Crippen molar-refractivity contribution in [1.82, 2.24) is 0 Å². The van der Waals surface area contributed by atoms with Crippen molar-refractivity contribution in [3.63, 3.8) is 0 Å². The van der Waals surface area contributed by atoms with Crippen molar-refractivity contribution in [2.45, 2.75) is 47.0 Å². The second-order valence-electron chi connectivity index (χ2n) is 5.78. The first-order chi connectivity index (χ1) is 13.0. The number of anilines is 1. The van der Waals surface area contributed by atoms with Crippen LogP contribution in [0.3, 0.4) is 0 Å². The zero-order valence-electron chi connectivity index (χ0n) is 17.2. The number of carboxylic acids is 1. The van der Waals surface area contributed by atoms with Gasteiger partial charge in [-0.05, 0) is 49.1 Å². The highest BCUT2D eigenvalue weighted by Crippen LogP contribution is 2.15. The van der Waals surface area contributed by atoms with Gasteiger partial charge in [-0.2, -0.15) is 0 Å². The summed E-state index contributed by atoms with van der Waals surface area (Å²) in [7, 11) is 1.69. The Morgan fingerprint density at radius 2 is 1.85 bits per heavy atom. The van der Waals surface area contributed by atoms with Crippen LogP contribution in [-0.2, 0) is 4.74 Å². The predicted molar refractivity (Wildman–Crippen MR) is 113 cm³/mol. The fourth-order valence-corrected chi connectivity index (χ4v) is 2.22. The molecule has 0 heterocycles. The van der Waals surface area contributed by atoms with E-state index < -0.39 is 5.97 Å². The van der Waals surface area contributed by atoms with Crippen LogP contribution in [0.15, 0.2) is 60.5 Å². The van der Waals surface area contributed by atoms with Crippen LogP contribution < -0.4 is 10.9 Å². The molecule has 0 amide bonds. The van der Waals surface area contributed by atoms with Crippen LogP contribution in [0.5, 0.6) is 0 Å². The highest BCUT2D eigenvalue weighted by molar-refractivity contribution is 5.88. The zero-order chi connectivity index (χ0) is 20.7. The molecule has 0 spiro atoms. The number of benzene rings is 1. The molecule has 3 N–H and O–H groups in total. The number of hydrogen-bond donors (Lipinski definition) is 2. The summed E-state index contributed by atoms with van der Waals surface area (Å²) in [6.45, 7) is 8.23. The fourth-order valence-electron chi connectivity index (χ4n) is 2.22. The van der Waals surface area contributed by atoms with Crippen molar-refractivity contribution in [2.75, 3.05) is 12.1 Å². The SMILES string of the molecule is CC.CC/C=C\C/C(=C\C(C)C/C=C\N(N)c1ccc(C(=O)O)cc1)OC. The number of allylic oxidation sites excluding steroid dienone is 4. The van der Waals surface area contributed by atoms with Gasteiger partial charge in [0.05, 0.1) is 24.1 Å². The van der Waals surface area contributed by atoms with Crippen LogP contribution in [-0.4, -0.2) is 18.2 Å². The summed E-state index contributed by atoms with van der Waals surface area (Å²) in [5.41, 5.74) is 0.968. The second kappa shape index (κ2) is 14.6. The van der Waals surface area contributed by atoms with Crippen LogP contribution in [0.4, 0.5) is 5.69 Å². The number of nitrogens with zero attached hydrogens (tertiary/aromatic N) is 1. The number of carbonyl (C=O) groups is 1. The third-order valence-electron chi connectivity index (χ3n) is 3.64. The lowest BCUT2D eigenvalue weighted by molar-refractivity contribution is 0.0697. The van der Waals surface area contributed by atoms with E-state index in [1.165, 1.54) is 17.1 Å². The summed E-state index contributed by atoms with van der Waals surface area (Å²) in [5, 5.41) is 10.4. The third kappa shape index (κ3) is 10.3. The maximum Gasteiger partial charge on any atom is 0.335 e. The smallest absolute Gasteiger partial charge is 0.335 e. The quantitative estimate of drug-likeness (QED) is 0.244. The Balaban J connectivity index is 0.00000326. The molecule has 5 nitrogen and oxygen atoms in total. The highest BCUT2D eigenvalue weighted by Gasteiger charge is 2.04. The van der Waals surface area contributed by atoms with Crippen LogP contribution >= 0.6 is 0 Å². The first-order valence-corrected chi connectivity index (χ1v) is 9.41. The topological polar surface area (TPSA) is 75.8 Å². The van der Waals surface area contributed by atoms with Crippen LogP contribution in [0.1, 0.15) is 57.3 Å². The Morgan fingerprint density at radius 1 is 1.22 bits per heavy atom. The lowest BCUT2D eigenvalue weighted by Crippen LogP contribution is -2.24. The molecule has 0 saturated heterocycles. The van der Waals surface area contributed by atoms with Gasteiger partial charge in [-0.3, -0.25) is 5.01 Å². The predicted octanol–water partition coefficient (Wildman–Crippen LogP) is 5.52. The summed E-state index contributed by atoms with van der Waals surface area (Å²) in [5.74, 6) is 6.30. The van der Waals surface area contributed by atoms with Crippen molar-refractivity contribution >= 4 is 11.7 Å². The maximum atomic E-state index is 10.8. The van der Waals surface area contributed by atoms with Gasteiger partial charge in [0.2, 0.25) is 0 Å². The number of carboxylic acid groups (broad SMARTS) is 1. The number of methoxy groups -OCH3 is 1. The lowest BCUT2D eigenvalue weighted by atomic mass is 10.1. The molecule has 1 rings (SSSR count). The van der Waals surface area contributed by atoms with Crippen molar-refractivity contribution in [1.29, 1.82) is 0 Å². The van der Waals surface area contributed by atoms with Crippen LogP contribution in [0.25, 0.3) is 0 Å². The number of ether oxygens (including phenoxy) is 1. The molecule has 0 aromatic heterocycles. The molecule has 0 aliphatic heterocycles. The molecule has 0 fully saturated rings. The molecule has 0 aliphatic carbocycles. The largest absolute Gasteiger partial charge is 0.501 e.